The number of pyridine rings is 1. The summed E-state index contributed by atoms with van der Waals surface area (Å²) in [7, 11) is 0. The van der Waals surface area contributed by atoms with Gasteiger partial charge < -0.3 is 11.1 Å². The Kier molecular flexibility index (Phi) is 3.76. The van der Waals surface area contributed by atoms with Gasteiger partial charge in [-0.15, -0.1) is 0 Å². The summed E-state index contributed by atoms with van der Waals surface area (Å²) in [5, 5.41) is 2.93. The molecule has 0 amide bonds. The highest BCUT2D eigenvalue weighted by molar-refractivity contribution is 7.80. The van der Waals surface area contributed by atoms with Crippen molar-refractivity contribution in [3.8, 4) is 0 Å². The standard InChI is InChI=1S/C14H14FN3S/c1-8-3-4-12(11(15)5-8)18-13-7-10(14(16)19)6-9(2)17-13/h3-7H,1-2H3,(H2,16,19)(H,17,18). The summed E-state index contributed by atoms with van der Waals surface area (Å²) in [6.07, 6.45) is 0. The topological polar surface area (TPSA) is 50.9 Å². The van der Waals surface area contributed by atoms with Crippen molar-refractivity contribution in [1.29, 1.82) is 0 Å². The van der Waals surface area contributed by atoms with Gasteiger partial charge in [0.2, 0.25) is 0 Å². The molecule has 1 heterocycles. The molecule has 98 valence electrons. The largest absolute Gasteiger partial charge is 0.389 e. The van der Waals surface area contributed by atoms with E-state index >= 15 is 0 Å². The molecule has 2 rings (SSSR count). The molecule has 1 aromatic carbocycles. The number of nitrogens with two attached hydrogens (primary N) is 1. The SMILES string of the molecule is Cc1ccc(Nc2cc(C(N)=S)cc(C)n2)c(F)c1. The summed E-state index contributed by atoms with van der Waals surface area (Å²) in [4.78, 5) is 4.57. The molecule has 2 aromatic rings. The molecule has 0 atom stereocenters. The Hall–Kier alpha value is -2.01. The van der Waals surface area contributed by atoms with Crippen molar-refractivity contribution >= 4 is 28.7 Å². The molecular formula is C14H14FN3S. The first-order chi connectivity index (χ1) is 8.95. The van der Waals surface area contributed by atoms with Gasteiger partial charge >= 0.3 is 0 Å². The normalized spacial score (nSPS) is 10.3. The molecule has 0 unspecified atom stereocenters. The van der Waals surface area contributed by atoms with Gasteiger partial charge in [0.1, 0.15) is 16.6 Å². The van der Waals surface area contributed by atoms with Crippen LogP contribution in [0.1, 0.15) is 16.8 Å². The van der Waals surface area contributed by atoms with Crippen LogP contribution >= 0.6 is 12.2 Å². The van der Waals surface area contributed by atoms with Crippen LogP contribution in [-0.4, -0.2) is 9.97 Å². The number of halogens is 1. The highest BCUT2D eigenvalue weighted by Gasteiger charge is 2.06. The predicted octanol–water partition coefficient (Wildman–Crippen LogP) is 3.22. The second-order valence-electron chi connectivity index (χ2n) is 4.35. The second-order valence-corrected chi connectivity index (χ2v) is 4.79. The van der Waals surface area contributed by atoms with E-state index in [4.69, 9.17) is 18.0 Å². The van der Waals surface area contributed by atoms with Gasteiger partial charge in [0.25, 0.3) is 0 Å². The maximum atomic E-state index is 13.8. The first-order valence-electron chi connectivity index (χ1n) is 5.77. The third-order valence-electron chi connectivity index (χ3n) is 2.63. The van der Waals surface area contributed by atoms with Gasteiger partial charge in [-0.1, -0.05) is 18.3 Å². The van der Waals surface area contributed by atoms with Crippen LogP contribution in [0.3, 0.4) is 0 Å². The Morgan fingerprint density at radius 1 is 1.26 bits per heavy atom. The third kappa shape index (κ3) is 3.26. The monoisotopic (exact) mass is 275 g/mol. The molecule has 0 fully saturated rings. The minimum Gasteiger partial charge on any atom is -0.389 e. The van der Waals surface area contributed by atoms with Crippen molar-refractivity contribution in [2.45, 2.75) is 13.8 Å². The number of thiocarbonyl (C=S) groups is 1. The number of anilines is 2. The fourth-order valence-corrected chi connectivity index (χ4v) is 1.85. The maximum Gasteiger partial charge on any atom is 0.146 e. The maximum absolute atomic E-state index is 13.8. The van der Waals surface area contributed by atoms with Crippen molar-refractivity contribution < 1.29 is 4.39 Å². The number of nitrogens with zero attached hydrogens (tertiary/aromatic N) is 1. The van der Waals surface area contributed by atoms with Gasteiger partial charge in [-0.2, -0.15) is 0 Å². The van der Waals surface area contributed by atoms with Crippen molar-refractivity contribution in [2.75, 3.05) is 5.32 Å². The number of hydrogen-bond donors (Lipinski definition) is 2. The van der Waals surface area contributed by atoms with E-state index in [1.54, 1.807) is 18.2 Å². The average Bonchev–Trinajstić information content (AvgIpc) is 2.32. The highest BCUT2D eigenvalue weighted by Crippen LogP contribution is 2.20. The molecule has 3 N–H and O–H groups in total. The smallest absolute Gasteiger partial charge is 0.146 e. The van der Waals surface area contributed by atoms with E-state index in [0.29, 0.717) is 17.1 Å². The lowest BCUT2D eigenvalue weighted by Gasteiger charge is -2.10. The van der Waals surface area contributed by atoms with Gasteiger partial charge in [-0.3, -0.25) is 0 Å². The van der Waals surface area contributed by atoms with E-state index in [2.05, 4.69) is 10.3 Å². The fourth-order valence-electron chi connectivity index (χ4n) is 1.73. The molecule has 3 nitrogen and oxygen atoms in total. The Morgan fingerprint density at radius 2 is 2.00 bits per heavy atom. The fraction of sp³-hybridized carbons (Fsp3) is 0.143. The molecule has 0 saturated carbocycles. The van der Waals surface area contributed by atoms with E-state index < -0.39 is 0 Å². The van der Waals surface area contributed by atoms with Crippen LogP contribution in [0, 0.1) is 19.7 Å². The zero-order valence-corrected chi connectivity index (χ0v) is 11.5. The summed E-state index contributed by atoms with van der Waals surface area (Å²) >= 11 is 4.94. The van der Waals surface area contributed by atoms with Gasteiger partial charge in [-0.05, 0) is 43.7 Å². The molecular weight excluding hydrogens is 261 g/mol. The zero-order chi connectivity index (χ0) is 14.0. The molecule has 0 aliphatic rings. The lowest BCUT2D eigenvalue weighted by molar-refractivity contribution is 0.630. The van der Waals surface area contributed by atoms with Gasteiger partial charge in [0, 0.05) is 11.3 Å². The quantitative estimate of drug-likeness (QED) is 0.845. The van der Waals surface area contributed by atoms with Crippen molar-refractivity contribution in [3.05, 3.63) is 53.0 Å². The first-order valence-corrected chi connectivity index (χ1v) is 6.18. The minimum atomic E-state index is -0.319. The number of nitrogens with one attached hydrogen (secondary N) is 1. The van der Waals surface area contributed by atoms with Crippen LogP contribution in [0.15, 0.2) is 30.3 Å². The molecule has 0 aliphatic heterocycles. The number of hydrogen-bond acceptors (Lipinski definition) is 3. The first kappa shape index (κ1) is 13.4. The van der Waals surface area contributed by atoms with E-state index in [1.165, 1.54) is 6.07 Å². The second kappa shape index (κ2) is 5.32. The van der Waals surface area contributed by atoms with E-state index in [1.807, 2.05) is 19.9 Å². The summed E-state index contributed by atoms with van der Waals surface area (Å²) in [6.45, 7) is 3.67. The molecule has 0 spiro atoms. The van der Waals surface area contributed by atoms with Gasteiger partial charge in [0.15, 0.2) is 0 Å². The van der Waals surface area contributed by atoms with E-state index in [0.717, 1.165) is 11.3 Å². The van der Waals surface area contributed by atoms with Crippen molar-refractivity contribution in [2.24, 2.45) is 5.73 Å². The summed E-state index contributed by atoms with van der Waals surface area (Å²) in [5.74, 6) is 0.200. The van der Waals surface area contributed by atoms with Crippen LogP contribution in [-0.2, 0) is 0 Å². The molecule has 0 radical (unpaired) electrons. The summed E-state index contributed by atoms with van der Waals surface area (Å²) in [6, 6.07) is 8.46. The van der Waals surface area contributed by atoms with Crippen LogP contribution in [0.25, 0.3) is 0 Å². The molecule has 19 heavy (non-hydrogen) atoms. The molecule has 0 bridgehead atoms. The molecule has 0 saturated heterocycles. The summed E-state index contributed by atoms with van der Waals surface area (Å²) in [5.41, 5.74) is 8.30. The molecule has 5 heteroatoms. The van der Waals surface area contributed by atoms with E-state index in [9.17, 15) is 4.39 Å². The zero-order valence-electron chi connectivity index (χ0n) is 10.7. The van der Waals surface area contributed by atoms with Crippen LogP contribution in [0.4, 0.5) is 15.9 Å². The Morgan fingerprint density at radius 3 is 2.63 bits per heavy atom. The number of rotatable bonds is 3. The molecule has 1 aromatic heterocycles. The highest BCUT2D eigenvalue weighted by atomic mass is 32.1. The van der Waals surface area contributed by atoms with Gasteiger partial charge in [0.05, 0.1) is 5.69 Å². The van der Waals surface area contributed by atoms with Crippen molar-refractivity contribution in [1.82, 2.24) is 4.98 Å². The minimum absolute atomic E-state index is 0.290. The Labute approximate surface area is 116 Å². The number of aromatic nitrogens is 1. The lowest BCUT2D eigenvalue weighted by Crippen LogP contribution is -2.11. The number of benzene rings is 1. The molecule has 0 aliphatic carbocycles. The Bertz CT molecular complexity index is 641. The third-order valence-corrected chi connectivity index (χ3v) is 2.86. The van der Waals surface area contributed by atoms with Gasteiger partial charge in [-0.25, -0.2) is 9.37 Å². The average molecular weight is 275 g/mol. The van der Waals surface area contributed by atoms with Crippen LogP contribution < -0.4 is 11.1 Å². The lowest BCUT2D eigenvalue weighted by atomic mass is 10.2. The van der Waals surface area contributed by atoms with Crippen LogP contribution in [0.5, 0.6) is 0 Å². The van der Waals surface area contributed by atoms with Crippen molar-refractivity contribution in [3.63, 3.8) is 0 Å². The Balaban J connectivity index is 2.35. The predicted molar refractivity (Wildman–Crippen MR) is 79.3 cm³/mol. The van der Waals surface area contributed by atoms with E-state index in [-0.39, 0.29) is 10.8 Å². The van der Waals surface area contributed by atoms with Crippen LogP contribution in [0.2, 0.25) is 0 Å². The number of aryl methyl sites for hydroxylation is 2. The summed E-state index contributed by atoms with van der Waals surface area (Å²) < 4.78 is 13.8.